The molecule has 0 aliphatic heterocycles. The van der Waals surface area contributed by atoms with Gasteiger partial charge in [0.05, 0.1) is 11.0 Å². The summed E-state index contributed by atoms with van der Waals surface area (Å²) in [5.41, 5.74) is 5.47. The minimum atomic E-state index is 0.438. The Labute approximate surface area is 140 Å². The zero-order chi connectivity index (χ0) is 16.0. The molecular formula is C15H10Cl2N6. The van der Waals surface area contributed by atoms with Gasteiger partial charge in [0.1, 0.15) is 0 Å². The molecule has 23 heavy (non-hydrogen) atoms. The molecule has 2 heterocycles. The summed E-state index contributed by atoms with van der Waals surface area (Å²) in [6, 6.07) is 12.8. The molecule has 0 atom stereocenters. The predicted molar refractivity (Wildman–Crippen MR) is 91.6 cm³/mol. The van der Waals surface area contributed by atoms with Crippen LogP contribution in [0.5, 0.6) is 0 Å². The molecule has 0 amide bonds. The highest BCUT2D eigenvalue weighted by molar-refractivity contribution is 6.31. The maximum atomic E-state index is 6.14. The number of nitrogens with one attached hydrogen (secondary N) is 1. The van der Waals surface area contributed by atoms with Crippen LogP contribution in [-0.4, -0.2) is 19.6 Å². The highest BCUT2D eigenvalue weighted by atomic mass is 35.5. The van der Waals surface area contributed by atoms with Crippen molar-refractivity contribution in [1.82, 2.24) is 19.6 Å². The molecule has 0 saturated carbocycles. The molecule has 4 rings (SSSR count). The summed E-state index contributed by atoms with van der Waals surface area (Å²) in [6.07, 6.45) is 0. The molecule has 4 aromatic rings. The largest absolute Gasteiger partial charge is 0.305 e. The van der Waals surface area contributed by atoms with Crippen molar-refractivity contribution in [3.05, 3.63) is 52.5 Å². The van der Waals surface area contributed by atoms with E-state index in [9.17, 15) is 0 Å². The number of aromatic nitrogens is 4. The van der Waals surface area contributed by atoms with E-state index < -0.39 is 0 Å². The fourth-order valence-electron chi connectivity index (χ4n) is 2.49. The Hall–Kier alpha value is -2.41. The van der Waals surface area contributed by atoms with E-state index in [1.54, 1.807) is 18.2 Å². The Morgan fingerprint density at radius 3 is 2.43 bits per heavy atom. The zero-order valence-corrected chi connectivity index (χ0v) is 13.2. The molecule has 2 aromatic heterocycles. The van der Waals surface area contributed by atoms with Crippen LogP contribution >= 0.6 is 23.2 Å². The smallest absolute Gasteiger partial charge is 0.205 e. The second kappa shape index (κ2) is 5.34. The fourth-order valence-corrected chi connectivity index (χ4v) is 2.78. The number of nitrogen functional groups attached to an aromatic ring is 1. The van der Waals surface area contributed by atoms with E-state index in [4.69, 9.17) is 29.0 Å². The van der Waals surface area contributed by atoms with Gasteiger partial charge in [0, 0.05) is 15.6 Å². The molecule has 8 heteroatoms. The molecule has 0 saturated heterocycles. The number of hydrogen-bond acceptors (Lipinski definition) is 5. The van der Waals surface area contributed by atoms with Gasteiger partial charge in [-0.15, -0.1) is 10.2 Å². The number of fused-ring (bicyclic) bond motifs is 3. The molecule has 3 N–H and O–H groups in total. The quantitative estimate of drug-likeness (QED) is 0.429. The van der Waals surface area contributed by atoms with Crippen molar-refractivity contribution in [1.29, 1.82) is 0 Å². The Kier molecular flexibility index (Phi) is 3.30. The SMILES string of the molecule is NNc1nc2ccc(Cl)cc2n2c(-c3ccc(Cl)cc3)nnc12. The van der Waals surface area contributed by atoms with E-state index in [-0.39, 0.29) is 0 Å². The summed E-state index contributed by atoms with van der Waals surface area (Å²) in [5.74, 6) is 6.66. The Balaban J connectivity index is 2.13. The minimum Gasteiger partial charge on any atom is -0.305 e. The first-order chi connectivity index (χ1) is 11.2. The molecule has 0 radical (unpaired) electrons. The lowest BCUT2D eigenvalue weighted by molar-refractivity contribution is 1.11. The van der Waals surface area contributed by atoms with Gasteiger partial charge in [0.2, 0.25) is 5.65 Å². The van der Waals surface area contributed by atoms with Crippen LogP contribution in [0.2, 0.25) is 10.0 Å². The van der Waals surface area contributed by atoms with Crippen molar-refractivity contribution >= 4 is 45.7 Å². The van der Waals surface area contributed by atoms with Crippen molar-refractivity contribution in [3.8, 4) is 11.4 Å². The predicted octanol–water partition coefficient (Wildman–Crippen LogP) is 3.54. The average Bonchev–Trinajstić information content (AvgIpc) is 3.00. The monoisotopic (exact) mass is 344 g/mol. The fraction of sp³-hybridized carbons (Fsp3) is 0. The summed E-state index contributed by atoms with van der Waals surface area (Å²) in [4.78, 5) is 4.44. The number of rotatable bonds is 2. The van der Waals surface area contributed by atoms with Crippen molar-refractivity contribution < 1.29 is 0 Å². The maximum absolute atomic E-state index is 6.14. The lowest BCUT2D eigenvalue weighted by Gasteiger charge is -2.08. The van der Waals surface area contributed by atoms with Gasteiger partial charge in [-0.25, -0.2) is 10.8 Å². The summed E-state index contributed by atoms with van der Waals surface area (Å²) >= 11 is 12.1. The molecular weight excluding hydrogens is 335 g/mol. The minimum absolute atomic E-state index is 0.438. The van der Waals surface area contributed by atoms with Gasteiger partial charge in [-0.05, 0) is 42.5 Å². The second-order valence-electron chi connectivity index (χ2n) is 4.93. The number of anilines is 1. The molecule has 0 aliphatic carbocycles. The Bertz CT molecular complexity index is 1030. The van der Waals surface area contributed by atoms with E-state index >= 15 is 0 Å². The topological polar surface area (TPSA) is 81.1 Å². The molecule has 0 unspecified atom stereocenters. The van der Waals surface area contributed by atoms with Gasteiger partial charge in [0.15, 0.2) is 11.6 Å². The Morgan fingerprint density at radius 1 is 0.957 bits per heavy atom. The lowest BCUT2D eigenvalue weighted by atomic mass is 10.2. The molecule has 2 aromatic carbocycles. The summed E-state index contributed by atoms with van der Waals surface area (Å²) in [7, 11) is 0. The first-order valence-electron chi connectivity index (χ1n) is 6.74. The van der Waals surface area contributed by atoms with Crippen LogP contribution in [0, 0.1) is 0 Å². The molecule has 114 valence electrons. The summed E-state index contributed by atoms with van der Waals surface area (Å²) in [5, 5.41) is 9.73. The van der Waals surface area contributed by atoms with Crippen molar-refractivity contribution in [2.24, 2.45) is 5.84 Å². The van der Waals surface area contributed by atoms with E-state index in [1.165, 1.54) is 0 Å². The molecule has 6 nitrogen and oxygen atoms in total. The van der Waals surface area contributed by atoms with Crippen LogP contribution in [0.4, 0.5) is 5.82 Å². The first kappa shape index (κ1) is 14.2. The molecule has 0 fully saturated rings. The summed E-state index contributed by atoms with van der Waals surface area (Å²) in [6.45, 7) is 0. The van der Waals surface area contributed by atoms with Crippen LogP contribution in [-0.2, 0) is 0 Å². The highest BCUT2D eigenvalue weighted by Crippen LogP contribution is 2.28. The number of halogens is 2. The van der Waals surface area contributed by atoms with Crippen LogP contribution < -0.4 is 11.3 Å². The number of hydrazine groups is 1. The molecule has 0 spiro atoms. The van der Waals surface area contributed by atoms with Crippen LogP contribution in [0.25, 0.3) is 28.1 Å². The zero-order valence-electron chi connectivity index (χ0n) is 11.7. The van der Waals surface area contributed by atoms with E-state index in [1.807, 2.05) is 28.7 Å². The number of nitrogens with two attached hydrogens (primary N) is 1. The standard InChI is InChI=1S/C15H10Cl2N6/c16-9-3-1-8(2-4-9)14-21-22-15-13(20-18)19-11-6-5-10(17)7-12(11)23(14)15/h1-7H,18H2,(H,19,20). The van der Waals surface area contributed by atoms with E-state index in [2.05, 4.69) is 20.6 Å². The number of hydrogen-bond donors (Lipinski definition) is 2. The van der Waals surface area contributed by atoms with Gasteiger partial charge >= 0.3 is 0 Å². The van der Waals surface area contributed by atoms with Gasteiger partial charge < -0.3 is 5.43 Å². The number of nitrogens with zero attached hydrogens (tertiary/aromatic N) is 4. The van der Waals surface area contributed by atoms with Crippen molar-refractivity contribution in [2.45, 2.75) is 0 Å². The van der Waals surface area contributed by atoms with Crippen molar-refractivity contribution in [3.63, 3.8) is 0 Å². The van der Waals surface area contributed by atoms with E-state index in [0.717, 1.165) is 16.6 Å². The average molecular weight is 345 g/mol. The molecule has 0 aliphatic rings. The van der Waals surface area contributed by atoms with Crippen molar-refractivity contribution in [2.75, 3.05) is 5.43 Å². The third kappa shape index (κ3) is 2.28. The van der Waals surface area contributed by atoms with Gasteiger partial charge in [0.25, 0.3) is 0 Å². The maximum Gasteiger partial charge on any atom is 0.205 e. The third-order valence-corrected chi connectivity index (χ3v) is 4.01. The van der Waals surface area contributed by atoms with Crippen LogP contribution in [0.1, 0.15) is 0 Å². The summed E-state index contributed by atoms with van der Waals surface area (Å²) < 4.78 is 1.87. The first-order valence-corrected chi connectivity index (χ1v) is 7.50. The van der Waals surface area contributed by atoms with Gasteiger partial charge in [-0.1, -0.05) is 23.2 Å². The lowest BCUT2D eigenvalue weighted by Crippen LogP contribution is -2.11. The van der Waals surface area contributed by atoms with Gasteiger partial charge in [-0.3, -0.25) is 4.40 Å². The third-order valence-electron chi connectivity index (χ3n) is 3.52. The normalized spacial score (nSPS) is 11.3. The second-order valence-corrected chi connectivity index (χ2v) is 5.80. The number of benzene rings is 2. The molecule has 0 bridgehead atoms. The van der Waals surface area contributed by atoms with E-state index in [0.29, 0.717) is 27.3 Å². The highest BCUT2D eigenvalue weighted by Gasteiger charge is 2.16. The van der Waals surface area contributed by atoms with Crippen LogP contribution in [0.3, 0.4) is 0 Å². The van der Waals surface area contributed by atoms with Gasteiger partial charge in [-0.2, -0.15) is 0 Å². The van der Waals surface area contributed by atoms with Crippen LogP contribution in [0.15, 0.2) is 42.5 Å². The Morgan fingerprint density at radius 2 is 1.70 bits per heavy atom.